The maximum atomic E-state index is 11.6. The van der Waals surface area contributed by atoms with Gasteiger partial charge in [0, 0.05) is 0 Å². The van der Waals surface area contributed by atoms with Gasteiger partial charge in [0.05, 0.1) is 6.04 Å². The number of rotatable bonds is 4. The lowest BCUT2D eigenvalue weighted by Gasteiger charge is -2.29. The van der Waals surface area contributed by atoms with Crippen LogP contribution in [0.1, 0.15) is 53.4 Å². The number of ketones is 1. The van der Waals surface area contributed by atoms with Gasteiger partial charge >= 0.3 is 6.09 Å². The minimum Gasteiger partial charge on any atom is -0.444 e. The van der Waals surface area contributed by atoms with Gasteiger partial charge in [0.15, 0.2) is 5.78 Å². The van der Waals surface area contributed by atoms with Crippen molar-refractivity contribution < 1.29 is 14.3 Å². The average Bonchev–Trinajstić information content (AvgIpc) is 2.05. The Morgan fingerprint density at radius 3 is 2.29 bits per heavy atom. The number of carbonyl (C=O) groups excluding carboxylic acids is 2. The second kappa shape index (κ2) is 5.52. The van der Waals surface area contributed by atoms with E-state index in [1.165, 1.54) is 26.2 Å². The predicted octanol–water partition coefficient (Wildman–Crippen LogP) is 2.66. The molecule has 0 radical (unpaired) electrons. The molecule has 1 rings (SSSR count). The Morgan fingerprint density at radius 2 is 1.94 bits per heavy atom. The SMILES string of the molecule is CC(=O)C(CC1CCC1)NC(=O)OC(C)(C)C. The number of nitrogens with one attached hydrogen (secondary N) is 1. The Bertz CT molecular complexity index is 290. The van der Waals surface area contributed by atoms with Crippen molar-refractivity contribution in [3.8, 4) is 0 Å². The second-order valence-electron chi connectivity index (χ2n) is 5.84. The van der Waals surface area contributed by atoms with Crippen LogP contribution >= 0.6 is 0 Å². The first-order chi connectivity index (χ1) is 7.78. The van der Waals surface area contributed by atoms with Crippen molar-refractivity contribution in [2.24, 2.45) is 5.92 Å². The van der Waals surface area contributed by atoms with E-state index in [2.05, 4.69) is 5.32 Å². The van der Waals surface area contributed by atoms with Crippen LogP contribution in [0.4, 0.5) is 4.79 Å². The largest absolute Gasteiger partial charge is 0.444 e. The summed E-state index contributed by atoms with van der Waals surface area (Å²) in [6, 6.07) is -0.393. The van der Waals surface area contributed by atoms with Gasteiger partial charge in [-0.1, -0.05) is 19.3 Å². The Hall–Kier alpha value is -1.06. The normalized spacial score (nSPS) is 18.1. The van der Waals surface area contributed by atoms with Gasteiger partial charge in [0.2, 0.25) is 0 Å². The van der Waals surface area contributed by atoms with Gasteiger partial charge in [-0.05, 0) is 40.0 Å². The monoisotopic (exact) mass is 241 g/mol. The van der Waals surface area contributed by atoms with E-state index in [-0.39, 0.29) is 5.78 Å². The highest BCUT2D eigenvalue weighted by molar-refractivity contribution is 5.85. The van der Waals surface area contributed by atoms with E-state index < -0.39 is 17.7 Å². The van der Waals surface area contributed by atoms with Crippen molar-refractivity contribution in [3.05, 3.63) is 0 Å². The molecule has 0 spiro atoms. The third kappa shape index (κ3) is 5.20. The van der Waals surface area contributed by atoms with E-state index in [0.717, 1.165) is 6.42 Å². The summed E-state index contributed by atoms with van der Waals surface area (Å²) >= 11 is 0. The molecule has 4 nitrogen and oxygen atoms in total. The van der Waals surface area contributed by atoms with E-state index in [0.29, 0.717) is 5.92 Å². The number of carbonyl (C=O) groups is 2. The zero-order chi connectivity index (χ0) is 13.1. The second-order valence-corrected chi connectivity index (χ2v) is 5.84. The smallest absolute Gasteiger partial charge is 0.408 e. The summed E-state index contributed by atoms with van der Waals surface area (Å²) in [6.07, 6.45) is 3.81. The number of ether oxygens (including phenoxy) is 1. The van der Waals surface area contributed by atoms with Gasteiger partial charge in [-0.3, -0.25) is 4.79 Å². The highest BCUT2D eigenvalue weighted by Gasteiger charge is 2.27. The Labute approximate surface area is 103 Å². The van der Waals surface area contributed by atoms with Gasteiger partial charge in [0.1, 0.15) is 5.60 Å². The summed E-state index contributed by atoms with van der Waals surface area (Å²) in [5.41, 5.74) is -0.526. The molecule has 1 fully saturated rings. The first kappa shape index (κ1) is 14.0. The summed E-state index contributed by atoms with van der Waals surface area (Å²) < 4.78 is 5.15. The molecule has 1 aliphatic rings. The molecule has 17 heavy (non-hydrogen) atoms. The van der Waals surface area contributed by atoms with Crippen LogP contribution in [0.3, 0.4) is 0 Å². The molecule has 1 aliphatic carbocycles. The fraction of sp³-hybridized carbons (Fsp3) is 0.846. The van der Waals surface area contributed by atoms with Crippen molar-refractivity contribution in [3.63, 3.8) is 0 Å². The molecule has 1 atom stereocenters. The summed E-state index contributed by atoms with van der Waals surface area (Å²) in [5, 5.41) is 2.66. The fourth-order valence-corrected chi connectivity index (χ4v) is 1.84. The van der Waals surface area contributed by atoms with Crippen molar-refractivity contribution >= 4 is 11.9 Å². The van der Waals surface area contributed by atoms with Crippen LogP contribution in [0.2, 0.25) is 0 Å². The molecular weight excluding hydrogens is 218 g/mol. The number of Topliss-reactive ketones (excluding diaryl/α,β-unsaturated/α-hetero) is 1. The third-order valence-corrected chi connectivity index (χ3v) is 2.98. The van der Waals surface area contributed by atoms with Crippen LogP contribution < -0.4 is 5.32 Å². The van der Waals surface area contributed by atoms with Gasteiger partial charge in [-0.25, -0.2) is 4.79 Å². The van der Waals surface area contributed by atoms with E-state index in [1.807, 2.05) is 0 Å². The van der Waals surface area contributed by atoms with Crippen molar-refractivity contribution in [2.75, 3.05) is 0 Å². The molecular formula is C13H23NO3. The van der Waals surface area contributed by atoms with Crippen molar-refractivity contribution in [1.29, 1.82) is 0 Å². The van der Waals surface area contributed by atoms with Gasteiger partial charge < -0.3 is 10.1 Å². The Balaban J connectivity index is 2.42. The Kier molecular flexibility index (Phi) is 4.54. The van der Waals surface area contributed by atoms with Gasteiger partial charge in [-0.2, -0.15) is 0 Å². The standard InChI is InChI=1S/C13H23NO3/c1-9(15)11(8-10-6-5-7-10)14-12(16)17-13(2,3)4/h10-11H,5-8H2,1-4H3,(H,14,16). The zero-order valence-corrected chi connectivity index (χ0v) is 11.2. The molecule has 0 aromatic rings. The third-order valence-electron chi connectivity index (χ3n) is 2.98. The lowest BCUT2D eigenvalue weighted by atomic mass is 9.80. The molecule has 0 bridgehead atoms. The molecule has 1 amide bonds. The first-order valence-electron chi connectivity index (χ1n) is 6.28. The molecule has 0 heterocycles. The van der Waals surface area contributed by atoms with E-state index >= 15 is 0 Å². The minimum atomic E-state index is -0.526. The first-order valence-corrected chi connectivity index (χ1v) is 6.28. The van der Waals surface area contributed by atoms with E-state index in [1.54, 1.807) is 20.8 Å². The molecule has 4 heteroatoms. The lowest BCUT2D eigenvalue weighted by molar-refractivity contribution is -0.119. The van der Waals surface area contributed by atoms with Crippen molar-refractivity contribution in [1.82, 2.24) is 5.32 Å². The molecule has 0 aromatic heterocycles. The highest BCUT2D eigenvalue weighted by atomic mass is 16.6. The lowest BCUT2D eigenvalue weighted by Crippen LogP contribution is -2.44. The summed E-state index contributed by atoms with van der Waals surface area (Å²) in [5.74, 6) is 0.585. The molecule has 1 N–H and O–H groups in total. The topological polar surface area (TPSA) is 55.4 Å². The molecule has 0 aromatic carbocycles. The predicted molar refractivity (Wildman–Crippen MR) is 65.8 cm³/mol. The van der Waals surface area contributed by atoms with Crippen molar-refractivity contribution in [2.45, 2.75) is 65.0 Å². The van der Waals surface area contributed by atoms with Crippen LogP contribution in [0.15, 0.2) is 0 Å². The number of hydrogen-bond acceptors (Lipinski definition) is 3. The molecule has 0 aliphatic heterocycles. The molecule has 0 saturated heterocycles. The maximum Gasteiger partial charge on any atom is 0.408 e. The van der Waals surface area contributed by atoms with Crippen LogP contribution in [0, 0.1) is 5.92 Å². The van der Waals surface area contributed by atoms with Crippen LogP contribution in [0.25, 0.3) is 0 Å². The maximum absolute atomic E-state index is 11.6. The molecule has 98 valence electrons. The fourth-order valence-electron chi connectivity index (χ4n) is 1.84. The van der Waals surface area contributed by atoms with E-state index in [9.17, 15) is 9.59 Å². The van der Waals surface area contributed by atoms with Crippen LogP contribution in [-0.2, 0) is 9.53 Å². The van der Waals surface area contributed by atoms with Crippen LogP contribution in [-0.4, -0.2) is 23.5 Å². The molecule has 1 unspecified atom stereocenters. The minimum absolute atomic E-state index is 0.00255. The summed E-state index contributed by atoms with van der Waals surface area (Å²) in [6.45, 7) is 6.94. The quantitative estimate of drug-likeness (QED) is 0.823. The van der Waals surface area contributed by atoms with Gasteiger partial charge in [-0.15, -0.1) is 0 Å². The zero-order valence-electron chi connectivity index (χ0n) is 11.2. The average molecular weight is 241 g/mol. The Morgan fingerprint density at radius 1 is 1.35 bits per heavy atom. The summed E-state index contributed by atoms with van der Waals surface area (Å²) in [7, 11) is 0. The number of amides is 1. The van der Waals surface area contributed by atoms with Crippen LogP contribution in [0.5, 0.6) is 0 Å². The summed E-state index contributed by atoms with van der Waals surface area (Å²) in [4.78, 5) is 23.0. The highest BCUT2D eigenvalue weighted by Crippen LogP contribution is 2.30. The number of alkyl carbamates (subject to hydrolysis) is 1. The molecule has 1 saturated carbocycles. The number of hydrogen-bond donors (Lipinski definition) is 1. The van der Waals surface area contributed by atoms with Gasteiger partial charge in [0.25, 0.3) is 0 Å². The van der Waals surface area contributed by atoms with E-state index in [4.69, 9.17) is 4.74 Å².